The molecule has 0 aliphatic rings. The minimum Gasteiger partial charge on any atom is -0.444 e. The van der Waals surface area contributed by atoms with E-state index < -0.39 is 5.60 Å². The normalized spacial score (nSPS) is 15.5. The molecule has 4 heteroatoms. The van der Waals surface area contributed by atoms with Gasteiger partial charge in [0.25, 0.3) is 0 Å². The predicted octanol–water partition coefficient (Wildman–Crippen LogP) is 4.05. The maximum Gasteiger partial charge on any atom is 0.410 e. The summed E-state index contributed by atoms with van der Waals surface area (Å²) in [7, 11) is 0. The molecular weight excluding hydrogens is 264 g/mol. The first-order valence-corrected chi connectivity index (χ1v) is 8.12. The molecule has 0 saturated heterocycles. The Morgan fingerprint density at radius 2 is 1.67 bits per heavy atom. The number of amides is 1. The molecule has 4 nitrogen and oxygen atoms in total. The Morgan fingerprint density at radius 3 is 2.05 bits per heavy atom. The minimum absolute atomic E-state index is 0.243. The van der Waals surface area contributed by atoms with E-state index in [1.54, 1.807) is 4.90 Å². The van der Waals surface area contributed by atoms with E-state index in [0.29, 0.717) is 18.5 Å². The van der Waals surface area contributed by atoms with Crippen molar-refractivity contribution in [3.8, 4) is 0 Å². The molecule has 21 heavy (non-hydrogen) atoms. The van der Waals surface area contributed by atoms with E-state index in [4.69, 9.17) is 4.74 Å². The molecule has 0 aliphatic heterocycles. The highest BCUT2D eigenvalue weighted by molar-refractivity contribution is 5.69. The van der Waals surface area contributed by atoms with Gasteiger partial charge in [0.05, 0.1) is 0 Å². The second-order valence-electron chi connectivity index (χ2n) is 7.93. The highest BCUT2D eigenvalue weighted by atomic mass is 16.6. The van der Waals surface area contributed by atoms with Crippen LogP contribution in [0.4, 0.5) is 4.79 Å². The van der Waals surface area contributed by atoms with E-state index in [0.717, 1.165) is 13.0 Å². The Bertz CT molecular complexity index is 316. The van der Waals surface area contributed by atoms with Crippen LogP contribution in [0.25, 0.3) is 0 Å². The molecule has 0 rings (SSSR count). The van der Waals surface area contributed by atoms with Gasteiger partial charge in [-0.1, -0.05) is 20.3 Å². The summed E-state index contributed by atoms with van der Waals surface area (Å²) in [5, 5.41) is 3.50. The number of nitrogens with one attached hydrogen (secondary N) is 1. The average Bonchev–Trinajstić information content (AvgIpc) is 2.29. The Kier molecular flexibility index (Phi) is 7.73. The van der Waals surface area contributed by atoms with E-state index in [1.165, 1.54) is 0 Å². The monoisotopic (exact) mass is 300 g/mol. The molecule has 2 atom stereocenters. The van der Waals surface area contributed by atoms with Crippen LogP contribution in [-0.2, 0) is 4.74 Å². The van der Waals surface area contributed by atoms with Crippen LogP contribution in [-0.4, -0.2) is 41.3 Å². The van der Waals surface area contributed by atoms with Gasteiger partial charge in [0, 0.05) is 24.7 Å². The summed E-state index contributed by atoms with van der Waals surface area (Å²) in [5.41, 5.74) is -0.707. The lowest BCUT2D eigenvalue weighted by Gasteiger charge is -2.37. The van der Waals surface area contributed by atoms with Crippen LogP contribution in [0.3, 0.4) is 0 Å². The Morgan fingerprint density at radius 1 is 1.14 bits per heavy atom. The first kappa shape index (κ1) is 20.2. The molecule has 0 radical (unpaired) electrons. The van der Waals surface area contributed by atoms with Crippen molar-refractivity contribution in [2.75, 3.05) is 13.1 Å². The average molecular weight is 300 g/mol. The summed E-state index contributed by atoms with van der Waals surface area (Å²) in [4.78, 5) is 14.1. The quantitative estimate of drug-likeness (QED) is 0.804. The fourth-order valence-corrected chi connectivity index (χ4v) is 1.98. The van der Waals surface area contributed by atoms with Crippen molar-refractivity contribution in [3.63, 3.8) is 0 Å². The fraction of sp³-hybridized carbons (Fsp3) is 0.941. The summed E-state index contributed by atoms with van der Waals surface area (Å²) in [6, 6.07) is 0.454. The third-order valence-electron chi connectivity index (χ3n) is 3.72. The third kappa shape index (κ3) is 8.30. The van der Waals surface area contributed by atoms with Crippen molar-refractivity contribution in [1.29, 1.82) is 0 Å². The van der Waals surface area contributed by atoms with Gasteiger partial charge >= 0.3 is 6.09 Å². The number of ether oxygens (including phenoxy) is 1. The molecule has 1 N–H and O–H groups in total. The fourth-order valence-electron chi connectivity index (χ4n) is 1.98. The number of nitrogens with zero attached hydrogens (tertiary/aromatic N) is 1. The lowest BCUT2D eigenvalue weighted by Crippen LogP contribution is -2.51. The van der Waals surface area contributed by atoms with Crippen LogP contribution in [0.5, 0.6) is 0 Å². The molecule has 0 aromatic carbocycles. The molecular formula is C17H36N2O2. The molecule has 0 aromatic rings. The molecule has 0 fully saturated rings. The van der Waals surface area contributed by atoms with Gasteiger partial charge in [-0.05, 0) is 54.4 Å². The SMILES string of the molecule is CCC(C)C(C)NCCN(C(=O)OC(C)(C)C)C(C)(C)C. The molecule has 1 amide bonds. The zero-order valence-corrected chi connectivity index (χ0v) is 15.5. The predicted molar refractivity (Wildman–Crippen MR) is 89.6 cm³/mol. The number of hydrogen-bond acceptors (Lipinski definition) is 3. The van der Waals surface area contributed by atoms with Crippen LogP contribution in [0, 0.1) is 5.92 Å². The lowest BCUT2D eigenvalue weighted by molar-refractivity contribution is 0.00639. The summed E-state index contributed by atoms with van der Waals surface area (Å²) in [6.07, 6.45) is 0.913. The highest BCUT2D eigenvalue weighted by Gasteiger charge is 2.30. The summed E-state index contributed by atoms with van der Waals surface area (Å²) < 4.78 is 5.51. The van der Waals surface area contributed by atoms with Gasteiger partial charge in [-0.3, -0.25) is 0 Å². The van der Waals surface area contributed by atoms with Gasteiger partial charge in [0.2, 0.25) is 0 Å². The number of hydrogen-bond donors (Lipinski definition) is 1. The molecule has 0 bridgehead atoms. The van der Waals surface area contributed by atoms with Crippen molar-refractivity contribution in [2.45, 2.75) is 85.9 Å². The lowest BCUT2D eigenvalue weighted by atomic mass is 10.0. The first-order chi connectivity index (χ1) is 9.38. The van der Waals surface area contributed by atoms with Crippen LogP contribution in [0.2, 0.25) is 0 Å². The molecule has 0 spiro atoms. The number of rotatable bonds is 6. The smallest absolute Gasteiger partial charge is 0.410 e. The van der Waals surface area contributed by atoms with Crippen LogP contribution in [0.15, 0.2) is 0 Å². The van der Waals surface area contributed by atoms with Crippen LogP contribution in [0.1, 0.15) is 68.7 Å². The largest absolute Gasteiger partial charge is 0.444 e. The van der Waals surface area contributed by atoms with Gasteiger partial charge in [-0.25, -0.2) is 4.79 Å². The standard InChI is InChI=1S/C17H36N2O2/c1-10-13(2)14(3)18-11-12-19(16(4,5)6)15(20)21-17(7,8)9/h13-14,18H,10-12H2,1-9H3. The Labute approximate surface area is 131 Å². The van der Waals surface area contributed by atoms with E-state index in [1.807, 2.05) is 41.5 Å². The molecule has 2 unspecified atom stereocenters. The van der Waals surface area contributed by atoms with Crippen molar-refractivity contribution in [1.82, 2.24) is 10.2 Å². The van der Waals surface area contributed by atoms with Crippen molar-refractivity contribution < 1.29 is 9.53 Å². The van der Waals surface area contributed by atoms with Crippen molar-refractivity contribution in [2.24, 2.45) is 5.92 Å². The Hall–Kier alpha value is -0.770. The third-order valence-corrected chi connectivity index (χ3v) is 3.72. The van der Waals surface area contributed by atoms with Gasteiger partial charge < -0.3 is 15.0 Å². The molecule has 0 aromatic heterocycles. The first-order valence-electron chi connectivity index (χ1n) is 8.12. The second-order valence-corrected chi connectivity index (χ2v) is 7.93. The molecule has 126 valence electrons. The van der Waals surface area contributed by atoms with Crippen LogP contribution >= 0.6 is 0 Å². The summed E-state index contributed by atoms with van der Waals surface area (Å²) in [5.74, 6) is 0.634. The highest BCUT2D eigenvalue weighted by Crippen LogP contribution is 2.18. The number of carbonyl (C=O) groups excluding carboxylic acids is 1. The van der Waals surface area contributed by atoms with Gasteiger partial charge in [0.1, 0.15) is 5.60 Å². The summed E-state index contributed by atoms with van der Waals surface area (Å²) in [6.45, 7) is 19.9. The summed E-state index contributed by atoms with van der Waals surface area (Å²) >= 11 is 0. The molecule has 0 heterocycles. The second kappa shape index (κ2) is 8.02. The van der Waals surface area contributed by atoms with Gasteiger partial charge in [-0.15, -0.1) is 0 Å². The van der Waals surface area contributed by atoms with Gasteiger partial charge in [-0.2, -0.15) is 0 Å². The van der Waals surface area contributed by atoms with E-state index in [-0.39, 0.29) is 11.6 Å². The van der Waals surface area contributed by atoms with Crippen molar-refractivity contribution in [3.05, 3.63) is 0 Å². The zero-order chi connectivity index (χ0) is 16.8. The molecule has 0 aliphatic carbocycles. The topological polar surface area (TPSA) is 41.6 Å². The zero-order valence-electron chi connectivity index (χ0n) is 15.5. The van der Waals surface area contributed by atoms with Crippen LogP contribution < -0.4 is 5.32 Å². The van der Waals surface area contributed by atoms with Crippen molar-refractivity contribution >= 4 is 6.09 Å². The minimum atomic E-state index is -0.460. The Balaban J connectivity index is 4.57. The maximum absolute atomic E-state index is 12.3. The van der Waals surface area contributed by atoms with E-state index >= 15 is 0 Å². The van der Waals surface area contributed by atoms with E-state index in [2.05, 4.69) is 26.1 Å². The maximum atomic E-state index is 12.3. The van der Waals surface area contributed by atoms with Gasteiger partial charge in [0.15, 0.2) is 0 Å². The number of carbonyl (C=O) groups is 1. The molecule has 0 saturated carbocycles. The van der Waals surface area contributed by atoms with E-state index in [9.17, 15) is 4.79 Å².